The summed E-state index contributed by atoms with van der Waals surface area (Å²) in [6, 6.07) is 10.5. The summed E-state index contributed by atoms with van der Waals surface area (Å²) in [7, 11) is 0. The number of amides is 1. The van der Waals surface area contributed by atoms with E-state index >= 15 is 0 Å². The molecule has 3 aliphatic rings. The molecular weight excluding hydrogens is 290 g/mol. The van der Waals surface area contributed by atoms with Crippen LogP contribution in [0.15, 0.2) is 30.3 Å². The molecule has 3 fully saturated rings. The van der Waals surface area contributed by atoms with Gasteiger partial charge in [-0.2, -0.15) is 0 Å². The SMILES string of the molecule is O=C(NC1CCC2(CC1)OCCO2)C1(c2ccccc2)CCC1. The van der Waals surface area contributed by atoms with Crippen LogP contribution < -0.4 is 5.32 Å². The molecule has 0 aromatic heterocycles. The molecule has 124 valence electrons. The van der Waals surface area contributed by atoms with Gasteiger partial charge in [-0.25, -0.2) is 0 Å². The fraction of sp³-hybridized carbons (Fsp3) is 0.632. The second-order valence-electron chi connectivity index (χ2n) is 7.16. The molecule has 0 radical (unpaired) electrons. The number of carbonyl (C=O) groups is 1. The Morgan fingerprint density at radius 1 is 1.00 bits per heavy atom. The van der Waals surface area contributed by atoms with Crippen molar-refractivity contribution in [2.75, 3.05) is 13.2 Å². The summed E-state index contributed by atoms with van der Waals surface area (Å²) >= 11 is 0. The van der Waals surface area contributed by atoms with Crippen molar-refractivity contribution in [3.63, 3.8) is 0 Å². The predicted octanol–water partition coefficient (Wildman–Crippen LogP) is 2.91. The van der Waals surface area contributed by atoms with Gasteiger partial charge in [0.15, 0.2) is 5.79 Å². The zero-order chi connectivity index (χ0) is 15.8. The number of ether oxygens (including phenoxy) is 2. The Hall–Kier alpha value is -1.39. The highest BCUT2D eigenvalue weighted by molar-refractivity contribution is 5.89. The second-order valence-corrected chi connectivity index (χ2v) is 7.16. The summed E-state index contributed by atoms with van der Waals surface area (Å²) in [6.07, 6.45) is 6.72. The largest absolute Gasteiger partial charge is 0.353 e. The highest BCUT2D eigenvalue weighted by Crippen LogP contribution is 2.44. The fourth-order valence-corrected chi connectivity index (χ4v) is 4.25. The van der Waals surface area contributed by atoms with E-state index in [-0.39, 0.29) is 23.2 Å². The van der Waals surface area contributed by atoms with Crippen molar-refractivity contribution < 1.29 is 14.3 Å². The van der Waals surface area contributed by atoms with Crippen molar-refractivity contribution in [1.82, 2.24) is 5.32 Å². The first-order valence-electron chi connectivity index (χ1n) is 8.87. The van der Waals surface area contributed by atoms with Crippen molar-refractivity contribution in [3.8, 4) is 0 Å². The molecule has 1 N–H and O–H groups in total. The molecule has 1 amide bonds. The van der Waals surface area contributed by atoms with Gasteiger partial charge in [0, 0.05) is 18.9 Å². The number of carbonyl (C=O) groups excluding carboxylic acids is 1. The number of nitrogens with one attached hydrogen (secondary N) is 1. The lowest BCUT2D eigenvalue weighted by Gasteiger charge is -2.43. The average molecular weight is 315 g/mol. The zero-order valence-corrected chi connectivity index (χ0v) is 13.6. The topological polar surface area (TPSA) is 47.6 Å². The van der Waals surface area contributed by atoms with Crippen LogP contribution in [-0.2, 0) is 19.7 Å². The maximum Gasteiger partial charge on any atom is 0.230 e. The van der Waals surface area contributed by atoms with Gasteiger partial charge in [-0.15, -0.1) is 0 Å². The average Bonchev–Trinajstić information content (AvgIpc) is 2.98. The molecular formula is C19H25NO3. The van der Waals surface area contributed by atoms with Crippen LogP contribution in [0.1, 0.15) is 50.5 Å². The van der Waals surface area contributed by atoms with E-state index in [1.165, 1.54) is 5.56 Å². The summed E-state index contributed by atoms with van der Waals surface area (Å²) in [5, 5.41) is 3.32. The van der Waals surface area contributed by atoms with E-state index < -0.39 is 0 Å². The number of rotatable bonds is 3. The Labute approximate surface area is 137 Å². The molecule has 1 aromatic carbocycles. The Morgan fingerprint density at radius 2 is 1.65 bits per heavy atom. The molecule has 2 saturated carbocycles. The lowest BCUT2D eigenvalue weighted by atomic mass is 9.63. The molecule has 1 heterocycles. The van der Waals surface area contributed by atoms with Gasteiger partial charge in [-0.05, 0) is 31.2 Å². The second kappa shape index (κ2) is 5.91. The minimum atomic E-state index is -0.352. The molecule has 1 aromatic rings. The number of benzene rings is 1. The number of hydrogen-bond donors (Lipinski definition) is 1. The van der Waals surface area contributed by atoms with Crippen molar-refractivity contribution in [2.45, 2.75) is 62.2 Å². The van der Waals surface area contributed by atoms with Crippen LogP contribution in [0.5, 0.6) is 0 Å². The van der Waals surface area contributed by atoms with Gasteiger partial charge in [0.05, 0.1) is 18.6 Å². The summed E-state index contributed by atoms with van der Waals surface area (Å²) in [5.74, 6) is -0.140. The molecule has 4 rings (SSSR count). The third kappa shape index (κ3) is 2.68. The van der Waals surface area contributed by atoms with E-state index in [9.17, 15) is 4.79 Å². The smallest absolute Gasteiger partial charge is 0.230 e. The lowest BCUT2D eigenvalue weighted by Crippen LogP contribution is -2.53. The molecule has 1 spiro atoms. The highest BCUT2D eigenvalue weighted by Gasteiger charge is 2.47. The maximum absolute atomic E-state index is 13.0. The molecule has 23 heavy (non-hydrogen) atoms. The van der Waals surface area contributed by atoms with Gasteiger partial charge in [0.1, 0.15) is 0 Å². The summed E-state index contributed by atoms with van der Waals surface area (Å²) in [5.41, 5.74) is 0.870. The van der Waals surface area contributed by atoms with Crippen LogP contribution >= 0.6 is 0 Å². The van der Waals surface area contributed by atoms with Crippen molar-refractivity contribution in [1.29, 1.82) is 0 Å². The third-order valence-corrected chi connectivity index (χ3v) is 5.86. The zero-order valence-electron chi connectivity index (χ0n) is 13.6. The first kappa shape index (κ1) is 15.2. The van der Waals surface area contributed by atoms with Gasteiger partial charge in [0.25, 0.3) is 0 Å². The van der Waals surface area contributed by atoms with Crippen LogP contribution in [0.25, 0.3) is 0 Å². The van der Waals surface area contributed by atoms with Crippen LogP contribution in [-0.4, -0.2) is 30.9 Å². The first-order valence-corrected chi connectivity index (χ1v) is 8.87. The quantitative estimate of drug-likeness (QED) is 0.933. The van der Waals surface area contributed by atoms with E-state index in [1.54, 1.807) is 0 Å². The third-order valence-electron chi connectivity index (χ3n) is 5.86. The highest BCUT2D eigenvalue weighted by atomic mass is 16.7. The van der Waals surface area contributed by atoms with E-state index in [4.69, 9.17) is 9.47 Å². The minimum absolute atomic E-state index is 0.212. The lowest BCUT2D eigenvalue weighted by molar-refractivity contribution is -0.180. The van der Waals surface area contributed by atoms with E-state index in [0.29, 0.717) is 13.2 Å². The van der Waals surface area contributed by atoms with Gasteiger partial charge >= 0.3 is 0 Å². The van der Waals surface area contributed by atoms with Gasteiger partial charge in [-0.3, -0.25) is 4.79 Å². The monoisotopic (exact) mass is 315 g/mol. The van der Waals surface area contributed by atoms with E-state index in [0.717, 1.165) is 44.9 Å². The van der Waals surface area contributed by atoms with Crippen molar-refractivity contribution in [2.24, 2.45) is 0 Å². The van der Waals surface area contributed by atoms with E-state index in [1.807, 2.05) is 18.2 Å². The Kier molecular flexibility index (Phi) is 3.90. The Morgan fingerprint density at radius 3 is 2.22 bits per heavy atom. The minimum Gasteiger partial charge on any atom is -0.353 e. The standard InChI is InChI=1S/C19H25NO3/c21-17(18(9-4-10-18)15-5-2-1-3-6-15)20-16-7-11-19(12-8-16)22-13-14-23-19/h1-3,5-6,16H,4,7-14H2,(H,20,21). The Bertz CT molecular complexity index is 551. The van der Waals surface area contributed by atoms with E-state index in [2.05, 4.69) is 17.4 Å². The van der Waals surface area contributed by atoms with Gasteiger partial charge < -0.3 is 14.8 Å². The fourth-order valence-electron chi connectivity index (χ4n) is 4.25. The molecule has 4 heteroatoms. The van der Waals surface area contributed by atoms with Crippen molar-refractivity contribution in [3.05, 3.63) is 35.9 Å². The van der Waals surface area contributed by atoms with Gasteiger partial charge in [-0.1, -0.05) is 36.8 Å². The molecule has 0 unspecified atom stereocenters. The van der Waals surface area contributed by atoms with Crippen molar-refractivity contribution >= 4 is 5.91 Å². The normalized spacial score (nSPS) is 25.9. The van der Waals surface area contributed by atoms with Gasteiger partial charge in [0.2, 0.25) is 5.91 Å². The number of hydrogen-bond acceptors (Lipinski definition) is 3. The molecule has 4 nitrogen and oxygen atoms in total. The molecule has 0 bridgehead atoms. The Balaban J connectivity index is 1.40. The summed E-state index contributed by atoms with van der Waals surface area (Å²) in [4.78, 5) is 13.0. The molecule has 1 saturated heterocycles. The van der Waals surface area contributed by atoms with Crippen LogP contribution in [0.3, 0.4) is 0 Å². The molecule has 0 atom stereocenters. The van der Waals surface area contributed by atoms with Crippen LogP contribution in [0, 0.1) is 0 Å². The molecule has 1 aliphatic heterocycles. The summed E-state index contributed by atoms with van der Waals surface area (Å²) in [6.45, 7) is 1.41. The first-order chi connectivity index (χ1) is 11.2. The molecule has 2 aliphatic carbocycles. The van der Waals surface area contributed by atoms with Crippen LogP contribution in [0.4, 0.5) is 0 Å². The van der Waals surface area contributed by atoms with Crippen LogP contribution in [0.2, 0.25) is 0 Å². The summed E-state index contributed by atoms with van der Waals surface area (Å²) < 4.78 is 11.5. The maximum atomic E-state index is 13.0. The predicted molar refractivity (Wildman–Crippen MR) is 87.0 cm³/mol.